The van der Waals surface area contributed by atoms with E-state index >= 15 is 0 Å². The number of carbonyl (C=O) groups is 1. The minimum Gasteiger partial charge on any atom is -0.337 e. The summed E-state index contributed by atoms with van der Waals surface area (Å²) in [7, 11) is 0. The maximum atomic E-state index is 12.4. The number of rotatable bonds is 4. The standard InChI is InChI=1S/C14H25N5O/c1-11(2)12-4-3-7-18(8-5-12)14(20)13-10-19(9-6-15)17-16-13/h10-12H,3-9,15H2,1-2H3. The van der Waals surface area contributed by atoms with Gasteiger partial charge in [-0.3, -0.25) is 9.48 Å². The molecule has 1 unspecified atom stereocenters. The van der Waals surface area contributed by atoms with Gasteiger partial charge in [0, 0.05) is 19.6 Å². The van der Waals surface area contributed by atoms with E-state index in [1.165, 1.54) is 6.42 Å². The number of amides is 1. The van der Waals surface area contributed by atoms with Gasteiger partial charge in [-0.2, -0.15) is 0 Å². The molecular weight excluding hydrogens is 254 g/mol. The minimum absolute atomic E-state index is 0.00215. The average molecular weight is 279 g/mol. The Kier molecular flexibility index (Phi) is 5.11. The van der Waals surface area contributed by atoms with E-state index in [4.69, 9.17) is 5.73 Å². The molecule has 1 aliphatic heterocycles. The van der Waals surface area contributed by atoms with Crippen LogP contribution in [0.4, 0.5) is 0 Å². The molecule has 1 aromatic heterocycles. The lowest BCUT2D eigenvalue weighted by Crippen LogP contribution is -2.32. The summed E-state index contributed by atoms with van der Waals surface area (Å²) in [6, 6.07) is 0. The summed E-state index contributed by atoms with van der Waals surface area (Å²) < 4.78 is 1.63. The Labute approximate surface area is 120 Å². The van der Waals surface area contributed by atoms with Crippen molar-refractivity contribution in [1.82, 2.24) is 19.9 Å². The van der Waals surface area contributed by atoms with Crippen molar-refractivity contribution in [2.45, 2.75) is 39.7 Å². The van der Waals surface area contributed by atoms with Crippen molar-refractivity contribution in [3.8, 4) is 0 Å². The van der Waals surface area contributed by atoms with E-state index < -0.39 is 0 Å². The van der Waals surface area contributed by atoms with Gasteiger partial charge in [0.2, 0.25) is 0 Å². The Morgan fingerprint density at radius 1 is 1.45 bits per heavy atom. The third kappa shape index (κ3) is 3.56. The van der Waals surface area contributed by atoms with Crippen molar-refractivity contribution in [3.63, 3.8) is 0 Å². The molecule has 6 heteroatoms. The summed E-state index contributed by atoms with van der Waals surface area (Å²) in [5.41, 5.74) is 5.90. The fourth-order valence-corrected chi connectivity index (χ4v) is 2.79. The van der Waals surface area contributed by atoms with Gasteiger partial charge in [-0.1, -0.05) is 19.1 Å². The molecule has 20 heavy (non-hydrogen) atoms. The molecule has 0 aliphatic carbocycles. The summed E-state index contributed by atoms with van der Waals surface area (Å²) in [6.45, 7) is 7.27. The van der Waals surface area contributed by atoms with Gasteiger partial charge in [0.05, 0.1) is 12.7 Å². The number of nitrogens with zero attached hydrogens (tertiary/aromatic N) is 4. The zero-order valence-corrected chi connectivity index (χ0v) is 12.5. The van der Waals surface area contributed by atoms with Crippen molar-refractivity contribution >= 4 is 5.91 Å². The van der Waals surface area contributed by atoms with Crippen molar-refractivity contribution < 1.29 is 4.79 Å². The molecule has 2 heterocycles. The molecule has 2 N–H and O–H groups in total. The van der Waals surface area contributed by atoms with Gasteiger partial charge < -0.3 is 10.6 Å². The molecular formula is C14H25N5O. The number of hydrogen-bond acceptors (Lipinski definition) is 4. The highest BCUT2D eigenvalue weighted by Gasteiger charge is 2.24. The Hall–Kier alpha value is -1.43. The second-order valence-electron chi connectivity index (χ2n) is 5.88. The van der Waals surface area contributed by atoms with Crippen LogP contribution in [0.5, 0.6) is 0 Å². The normalized spacial score (nSPS) is 20.2. The van der Waals surface area contributed by atoms with Crippen molar-refractivity contribution in [2.24, 2.45) is 17.6 Å². The first-order valence-corrected chi connectivity index (χ1v) is 7.51. The Balaban J connectivity index is 1.97. The molecule has 0 radical (unpaired) electrons. The number of nitrogens with two attached hydrogens (primary N) is 1. The van der Waals surface area contributed by atoms with E-state index in [2.05, 4.69) is 24.2 Å². The number of hydrogen-bond donors (Lipinski definition) is 1. The van der Waals surface area contributed by atoms with Crippen molar-refractivity contribution in [3.05, 3.63) is 11.9 Å². The van der Waals surface area contributed by atoms with Gasteiger partial charge in [-0.25, -0.2) is 0 Å². The first-order chi connectivity index (χ1) is 9.61. The van der Waals surface area contributed by atoms with Crippen LogP contribution in [0.2, 0.25) is 0 Å². The highest BCUT2D eigenvalue weighted by molar-refractivity contribution is 5.91. The Bertz CT molecular complexity index is 443. The molecule has 1 saturated heterocycles. The van der Waals surface area contributed by atoms with E-state index in [1.807, 2.05) is 4.90 Å². The molecule has 1 fully saturated rings. The summed E-state index contributed by atoms with van der Waals surface area (Å²) >= 11 is 0. The monoisotopic (exact) mass is 279 g/mol. The second kappa shape index (κ2) is 6.83. The predicted molar refractivity (Wildman–Crippen MR) is 77.2 cm³/mol. The maximum absolute atomic E-state index is 12.4. The zero-order chi connectivity index (χ0) is 14.5. The number of aromatic nitrogens is 3. The maximum Gasteiger partial charge on any atom is 0.276 e. The first-order valence-electron chi connectivity index (χ1n) is 7.51. The van der Waals surface area contributed by atoms with Crippen LogP contribution in [0.3, 0.4) is 0 Å². The Morgan fingerprint density at radius 2 is 2.25 bits per heavy atom. The van der Waals surface area contributed by atoms with E-state index in [0.29, 0.717) is 24.7 Å². The van der Waals surface area contributed by atoms with Crippen LogP contribution in [0, 0.1) is 11.8 Å². The topological polar surface area (TPSA) is 77.0 Å². The van der Waals surface area contributed by atoms with Crippen LogP contribution in [-0.2, 0) is 6.54 Å². The summed E-state index contributed by atoms with van der Waals surface area (Å²) in [5.74, 6) is 1.41. The summed E-state index contributed by atoms with van der Waals surface area (Å²) in [6.07, 6.45) is 5.06. The fourth-order valence-electron chi connectivity index (χ4n) is 2.79. The lowest BCUT2D eigenvalue weighted by atomic mass is 9.89. The number of carbonyl (C=O) groups excluding carboxylic acids is 1. The van der Waals surface area contributed by atoms with Gasteiger partial charge in [-0.05, 0) is 31.1 Å². The highest BCUT2D eigenvalue weighted by atomic mass is 16.2. The van der Waals surface area contributed by atoms with Crippen LogP contribution in [0.15, 0.2) is 6.20 Å². The van der Waals surface area contributed by atoms with Crippen LogP contribution < -0.4 is 5.73 Å². The molecule has 1 atom stereocenters. The van der Waals surface area contributed by atoms with Crippen LogP contribution in [0.1, 0.15) is 43.6 Å². The zero-order valence-electron chi connectivity index (χ0n) is 12.5. The molecule has 1 aromatic rings. The van der Waals surface area contributed by atoms with Crippen LogP contribution in [-0.4, -0.2) is 45.4 Å². The molecule has 6 nitrogen and oxygen atoms in total. The first kappa shape index (κ1) is 15.0. The molecule has 1 amide bonds. The van der Waals surface area contributed by atoms with Gasteiger partial charge in [0.25, 0.3) is 5.91 Å². The summed E-state index contributed by atoms with van der Waals surface area (Å²) in [5, 5.41) is 7.89. The van der Waals surface area contributed by atoms with Gasteiger partial charge in [0.15, 0.2) is 5.69 Å². The van der Waals surface area contributed by atoms with Crippen molar-refractivity contribution in [2.75, 3.05) is 19.6 Å². The SMILES string of the molecule is CC(C)C1CCCN(C(=O)c2cn(CCN)nn2)CC1. The molecule has 112 valence electrons. The van der Waals surface area contributed by atoms with Gasteiger partial charge >= 0.3 is 0 Å². The molecule has 0 spiro atoms. The third-order valence-corrected chi connectivity index (χ3v) is 4.12. The molecule has 1 aliphatic rings. The smallest absolute Gasteiger partial charge is 0.276 e. The largest absolute Gasteiger partial charge is 0.337 e. The average Bonchev–Trinajstić information content (AvgIpc) is 2.74. The Morgan fingerprint density at radius 3 is 2.95 bits per heavy atom. The van der Waals surface area contributed by atoms with E-state index in [0.717, 1.165) is 31.8 Å². The minimum atomic E-state index is -0.00215. The lowest BCUT2D eigenvalue weighted by molar-refractivity contribution is 0.0753. The molecule has 2 rings (SSSR count). The summed E-state index contributed by atoms with van der Waals surface area (Å²) in [4.78, 5) is 14.3. The van der Waals surface area contributed by atoms with Gasteiger partial charge in [0.1, 0.15) is 0 Å². The van der Waals surface area contributed by atoms with Crippen molar-refractivity contribution in [1.29, 1.82) is 0 Å². The molecule has 0 aromatic carbocycles. The molecule has 0 saturated carbocycles. The fraction of sp³-hybridized carbons (Fsp3) is 0.786. The highest BCUT2D eigenvalue weighted by Crippen LogP contribution is 2.25. The molecule has 0 bridgehead atoms. The lowest BCUT2D eigenvalue weighted by Gasteiger charge is -2.20. The van der Waals surface area contributed by atoms with E-state index in [-0.39, 0.29) is 5.91 Å². The predicted octanol–water partition coefficient (Wildman–Crippen LogP) is 1.14. The second-order valence-corrected chi connectivity index (χ2v) is 5.88. The third-order valence-electron chi connectivity index (χ3n) is 4.12. The van der Waals surface area contributed by atoms with E-state index in [1.54, 1.807) is 10.9 Å². The number of likely N-dealkylation sites (tertiary alicyclic amines) is 1. The quantitative estimate of drug-likeness (QED) is 0.896. The van der Waals surface area contributed by atoms with Crippen LogP contribution in [0.25, 0.3) is 0 Å². The van der Waals surface area contributed by atoms with Crippen LogP contribution >= 0.6 is 0 Å². The van der Waals surface area contributed by atoms with Gasteiger partial charge in [-0.15, -0.1) is 5.10 Å². The van der Waals surface area contributed by atoms with E-state index in [9.17, 15) is 4.79 Å².